The Bertz CT molecular complexity index is 848. The maximum Gasteiger partial charge on any atom is 0.306 e. The first kappa shape index (κ1) is 18.8. The summed E-state index contributed by atoms with van der Waals surface area (Å²) in [4.78, 5) is 37.9. The molecule has 140 valence electrons. The zero-order valence-corrected chi connectivity index (χ0v) is 14.8. The van der Waals surface area contributed by atoms with Gasteiger partial charge in [-0.2, -0.15) is 0 Å². The molecule has 1 aliphatic rings. The van der Waals surface area contributed by atoms with Crippen molar-refractivity contribution in [2.24, 2.45) is 0 Å². The number of ketones is 1. The van der Waals surface area contributed by atoms with Crippen LogP contribution in [0, 0.1) is 5.82 Å². The Kier molecular flexibility index (Phi) is 5.96. The predicted molar refractivity (Wildman–Crippen MR) is 98.0 cm³/mol. The second-order valence-corrected chi connectivity index (χ2v) is 6.37. The lowest BCUT2D eigenvalue weighted by molar-refractivity contribution is -0.147. The fourth-order valence-corrected chi connectivity index (χ4v) is 3.08. The Hall–Kier alpha value is -3.02. The molecule has 5 nitrogen and oxygen atoms in total. The molecule has 0 fully saturated rings. The average Bonchev–Trinajstić information content (AvgIpc) is 2.70. The molecule has 27 heavy (non-hydrogen) atoms. The van der Waals surface area contributed by atoms with Crippen molar-refractivity contribution >= 4 is 23.3 Å². The Morgan fingerprint density at radius 2 is 1.74 bits per heavy atom. The van der Waals surface area contributed by atoms with Crippen molar-refractivity contribution in [1.29, 1.82) is 0 Å². The summed E-state index contributed by atoms with van der Waals surface area (Å²) < 4.78 is 17.9. The molecule has 0 saturated carbocycles. The molecule has 0 N–H and O–H groups in total. The molecule has 6 heteroatoms. The number of nitrogens with zero attached hydrogens (tertiary/aromatic N) is 1. The standard InChI is InChI=1S/C21H20FNO4/c22-17-9-7-16(8-10-17)19(24)11-12-21(26)27-14-20(25)23-13-3-5-15-4-1-2-6-18(15)23/h1-2,4,6-10H,3,5,11-14H2. The van der Waals surface area contributed by atoms with E-state index in [-0.39, 0.29) is 31.1 Å². The quantitative estimate of drug-likeness (QED) is 0.579. The third-order valence-electron chi connectivity index (χ3n) is 4.49. The number of Topliss-reactive ketones (excluding diaryl/α,β-unsaturated/α-hetero) is 1. The minimum atomic E-state index is -0.607. The highest BCUT2D eigenvalue weighted by atomic mass is 19.1. The Labute approximate surface area is 156 Å². The lowest BCUT2D eigenvalue weighted by atomic mass is 10.0. The van der Waals surface area contributed by atoms with Crippen molar-refractivity contribution in [1.82, 2.24) is 0 Å². The minimum Gasteiger partial charge on any atom is -0.456 e. The van der Waals surface area contributed by atoms with E-state index in [4.69, 9.17) is 4.74 Å². The van der Waals surface area contributed by atoms with Gasteiger partial charge in [0, 0.05) is 24.2 Å². The number of hydrogen-bond donors (Lipinski definition) is 0. The molecule has 0 aromatic heterocycles. The highest BCUT2D eigenvalue weighted by Gasteiger charge is 2.23. The van der Waals surface area contributed by atoms with Crippen molar-refractivity contribution in [3.8, 4) is 0 Å². The van der Waals surface area contributed by atoms with Crippen molar-refractivity contribution in [2.45, 2.75) is 25.7 Å². The van der Waals surface area contributed by atoms with E-state index < -0.39 is 11.8 Å². The van der Waals surface area contributed by atoms with E-state index in [0.717, 1.165) is 24.1 Å². The molecule has 0 spiro atoms. The number of anilines is 1. The maximum atomic E-state index is 12.9. The first-order chi connectivity index (χ1) is 13.0. The number of aryl methyl sites for hydroxylation is 1. The van der Waals surface area contributed by atoms with Crippen LogP contribution in [0.5, 0.6) is 0 Å². The summed E-state index contributed by atoms with van der Waals surface area (Å²) in [6.07, 6.45) is 1.61. The van der Waals surface area contributed by atoms with Gasteiger partial charge in [0.25, 0.3) is 5.91 Å². The molecule has 1 amide bonds. The zero-order valence-electron chi connectivity index (χ0n) is 14.8. The number of fused-ring (bicyclic) bond motifs is 1. The molecule has 0 unspecified atom stereocenters. The first-order valence-corrected chi connectivity index (χ1v) is 8.87. The van der Waals surface area contributed by atoms with Crippen LogP contribution >= 0.6 is 0 Å². The number of para-hydroxylation sites is 1. The molecular formula is C21H20FNO4. The van der Waals surface area contributed by atoms with Crippen LogP contribution in [0.4, 0.5) is 10.1 Å². The number of hydrogen-bond acceptors (Lipinski definition) is 4. The molecule has 2 aromatic rings. The fraction of sp³-hybridized carbons (Fsp3) is 0.286. The van der Waals surface area contributed by atoms with E-state index in [2.05, 4.69) is 0 Å². The lowest BCUT2D eigenvalue weighted by Gasteiger charge is -2.29. The molecule has 2 aromatic carbocycles. The highest BCUT2D eigenvalue weighted by Crippen LogP contribution is 2.26. The average molecular weight is 369 g/mol. The van der Waals surface area contributed by atoms with Gasteiger partial charge in [-0.25, -0.2) is 4.39 Å². The van der Waals surface area contributed by atoms with Crippen LogP contribution in [0.3, 0.4) is 0 Å². The minimum absolute atomic E-state index is 0.0504. The van der Waals surface area contributed by atoms with Gasteiger partial charge in [0.15, 0.2) is 12.4 Å². The molecule has 0 radical (unpaired) electrons. The number of amides is 1. The summed E-state index contributed by atoms with van der Waals surface area (Å²) in [6, 6.07) is 12.8. The topological polar surface area (TPSA) is 63.7 Å². The Morgan fingerprint density at radius 1 is 1.00 bits per heavy atom. The highest BCUT2D eigenvalue weighted by molar-refractivity contribution is 5.98. The van der Waals surface area contributed by atoms with Gasteiger partial charge < -0.3 is 9.64 Å². The number of ether oxygens (including phenoxy) is 1. The second kappa shape index (κ2) is 8.58. The molecule has 0 saturated heterocycles. The number of halogens is 1. The van der Waals surface area contributed by atoms with Gasteiger partial charge in [-0.15, -0.1) is 0 Å². The van der Waals surface area contributed by atoms with E-state index in [1.807, 2.05) is 24.3 Å². The maximum absolute atomic E-state index is 12.9. The second-order valence-electron chi connectivity index (χ2n) is 6.37. The van der Waals surface area contributed by atoms with E-state index >= 15 is 0 Å². The molecule has 1 aliphatic heterocycles. The smallest absolute Gasteiger partial charge is 0.306 e. The third kappa shape index (κ3) is 4.78. The summed E-state index contributed by atoms with van der Waals surface area (Å²) in [5.74, 6) is -1.59. The summed E-state index contributed by atoms with van der Waals surface area (Å²) in [5.41, 5.74) is 2.30. The molecule has 0 atom stereocenters. The Morgan fingerprint density at radius 3 is 2.52 bits per heavy atom. The summed E-state index contributed by atoms with van der Waals surface area (Å²) >= 11 is 0. The van der Waals surface area contributed by atoms with Gasteiger partial charge >= 0.3 is 5.97 Å². The van der Waals surface area contributed by atoms with Gasteiger partial charge in [-0.05, 0) is 48.7 Å². The molecular weight excluding hydrogens is 349 g/mol. The van der Waals surface area contributed by atoms with Crippen LogP contribution < -0.4 is 4.90 Å². The molecule has 0 bridgehead atoms. The van der Waals surface area contributed by atoms with E-state index in [9.17, 15) is 18.8 Å². The number of rotatable bonds is 6. The van der Waals surface area contributed by atoms with Crippen LogP contribution in [0.1, 0.15) is 35.2 Å². The zero-order chi connectivity index (χ0) is 19.2. The molecule has 3 rings (SSSR count). The normalized spacial score (nSPS) is 13.0. The van der Waals surface area contributed by atoms with Crippen LogP contribution in [0.25, 0.3) is 0 Å². The summed E-state index contributed by atoms with van der Waals surface area (Å²) in [5, 5.41) is 0. The number of carbonyl (C=O) groups is 3. The van der Waals surface area contributed by atoms with Gasteiger partial charge in [-0.3, -0.25) is 14.4 Å². The number of carbonyl (C=O) groups excluding carboxylic acids is 3. The van der Waals surface area contributed by atoms with Gasteiger partial charge in [0.2, 0.25) is 0 Å². The van der Waals surface area contributed by atoms with Crippen LogP contribution in [-0.2, 0) is 20.7 Å². The molecule has 0 aliphatic carbocycles. The first-order valence-electron chi connectivity index (χ1n) is 8.87. The van der Waals surface area contributed by atoms with Crippen LogP contribution in [0.15, 0.2) is 48.5 Å². The van der Waals surface area contributed by atoms with E-state index in [1.54, 1.807) is 4.90 Å². The van der Waals surface area contributed by atoms with Gasteiger partial charge in [0.1, 0.15) is 5.82 Å². The number of esters is 1. The monoisotopic (exact) mass is 369 g/mol. The van der Waals surface area contributed by atoms with Gasteiger partial charge in [0.05, 0.1) is 6.42 Å². The van der Waals surface area contributed by atoms with E-state index in [1.165, 1.54) is 24.3 Å². The fourth-order valence-electron chi connectivity index (χ4n) is 3.08. The number of benzene rings is 2. The Balaban J connectivity index is 1.47. The summed E-state index contributed by atoms with van der Waals surface area (Å²) in [7, 11) is 0. The lowest BCUT2D eigenvalue weighted by Crippen LogP contribution is -2.38. The van der Waals surface area contributed by atoms with Crippen molar-refractivity contribution in [2.75, 3.05) is 18.1 Å². The third-order valence-corrected chi connectivity index (χ3v) is 4.49. The SMILES string of the molecule is O=C(CCC(=O)c1ccc(F)cc1)OCC(=O)N1CCCc2ccccc21. The van der Waals surface area contributed by atoms with Gasteiger partial charge in [-0.1, -0.05) is 18.2 Å². The molecule has 1 heterocycles. The summed E-state index contributed by atoms with van der Waals surface area (Å²) in [6.45, 7) is 0.244. The van der Waals surface area contributed by atoms with Crippen molar-refractivity contribution in [3.63, 3.8) is 0 Å². The van der Waals surface area contributed by atoms with Crippen molar-refractivity contribution in [3.05, 3.63) is 65.5 Å². The largest absolute Gasteiger partial charge is 0.456 e. The van der Waals surface area contributed by atoms with E-state index in [0.29, 0.717) is 12.1 Å². The van der Waals surface area contributed by atoms with Crippen LogP contribution in [-0.4, -0.2) is 30.8 Å². The van der Waals surface area contributed by atoms with Crippen LogP contribution in [0.2, 0.25) is 0 Å². The predicted octanol–water partition coefficient (Wildman–Crippen LogP) is 3.31. The van der Waals surface area contributed by atoms with Crippen molar-refractivity contribution < 1.29 is 23.5 Å².